The van der Waals surface area contributed by atoms with Crippen LogP contribution in [0.4, 0.5) is 0 Å². The molecule has 0 aliphatic heterocycles. The van der Waals surface area contributed by atoms with Crippen molar-refractivity contribution in [2.75, 3.05) is 6.61 Å². The molecule has 0 saturated carbocycles. The summed E-state index contributed by atoms with van der Waals surface area (Å²) < 4.78 is 7.38. The minimum Gasteiger partial charge on any atom is -0.483 e. The maximum atomic E-state index is 12.2. The second-order valence-electron chi connectivity index (χ2n) is 7.05. The maximum Gasteiger partial charge on any atom is 0.276 e. The molecule has 0 saturated heterocycles. The molecule has 0 radical (unpaired) electrons. The Balaban J connectivity index is 1.83. The van der Waals surface area contributed by atoms with Crippen LogP contribution in [0.25, 0.3) is 0 Å². The smallest absolute Gasteiger partial charge is 0.276 e. The van der Waals surface area contributed by atoms with Crippen LogP contribution in [0.1, 0.15) is 36.4 Å². The Bertz CT molecular complexity index is 812. The number of carbonyl (C=O) groups excluding carboxylic acids is 2. The lowest BCUT2D eigenvalue weighted by molar-refractivity contribution is -0.129. The first kappa shape index (κ1) is 20.5. The summed E-state index contributed by atoms with van der Waals surface area (Å²) >= 11 is 0. The molecule has 0 unspecified atom stereocenters. The zero-order valence-electron chi connectivity index (χ0n) is 16.6. The van der Waals surface area contributed by atoms with Crippen molar-refractivity contribution in [1.29, 1.82) is 0 Å². The highest BCUT2D eigenvalue weighted by atomic mass is 16.5. The van der Waals surface area contributed by atoms with Crippen LogP contribution in [0.5, 0.6) is 5.75 Å². The van der Waals surface area contributed by atoms with Gasteiger partial charge in [-0.15, -0.1) is 0 Å². The third-order valence-electron chi connectivity index (χ3n) is 4.20. The number of aromatic nitrogens is 2. The molecule has 1 aromatic carbocycles. The number of ether oxygens (including phenoxy) is 1. The third-order valence-corrected chi connectivity index (χ3v) is 4.20. The van der Waals surface area contributed by atoms with Crippen molar-refractivity contribution < 1.29 is 14.3 Å². The van der Waals surface area contributed by atoms with Gasteiger partial charge in [-0.1, -0.05) is 32.0 Å². The normalized spacial score (nSPS) is 10.7. The van der Waals surface area contributed by atoms with Gasteiger partial charge in [0.05, 0.1) is 12.1 Å². The molecule has 2 N–H and O–H groups in total. The number of hydrogen-bond donors (Lipinski definition) is 2. The summed E-state index contributed by atoms with van der Waals surface area (Å²) in [5, 5.41) is 4.50. The first-order chi connectivity index (χ1) is 12.8. The van der Waals surface area contributed by atoms with Gasteiger partial charge in [-0.05, 0) is 38.3 Å². The number of rotatable bonds is 7. The second kappa shape index (κ2) is 9.21. The van der Waals surface area contributed by atoms with E-state index in [4.69, 9.17) is 4.74 Å². The highest BCUT2D eigenvalue weighted by Gasteiger charge is 2.16. The van der Waals surface area contributed by atoms with Gasteiger partial charge in [0.2, 0.25) is 5.91 Å². The number of amides is 2. The van der Waals surface area contributed by atoms with E-state index >= 15 is 0 Å². The highest BCUT2D eigenvalue weighted by Crippen LogP contribution is 2.16. The van der Waals surface area contributed by atoms with Crippen molar-refractivity contribution in [3.05, 3.63) is 46.8 Å². The van der Waals surface area contributed by atoms with Crippen molar-refractivity contribution in [2.24, 2.45) is 5.92 Å². The second-order valence-corrected chi connectivity index (χ2v) is 7.05. The van der Waals surface area contributed by atoms with Crippen LogP contribution in [-0.4, -0.2) is 28.2 Å². The molecule has 27 heavy (non-hydrogen) atoms. The van der Waals surface area contributed by atoms with Crippen LogP contribution >= 0.6 is 0 Å². The number of hydrogen-bond acceptors (Lipinski definition) is 4. The van der Waals surface area contributed by atoms with E-state index in [1.54, 1.807) is 6.07 Å². The van der Waals surface area contributed by atoms with Crippen LogP contribution in [0.15, 0.2) is 24.3 Å². The Kier molecular flexibility index (Phi) is 6.98. The van der Waals surface area contributed by atoms with Gasteiger partial charge >= 0.3 is 0 Å². The molecule has 0 aliphatic carbocycles. The number of carbonyl (C=O) groups is 2. The molecule has 0 fully saturated rings. The van der Waals surface area contributed by atoms with E-state index < -0.39 is 5.91 Å². The highest BCUT2D eigenvalue weighted by molar-refractivity contribution is 5.84. The fraction of sp³-hybridized carbons (Fsp3) is 0.450. The lowest BCUT2D eigenvalue weighted by Gasteiger charge is -2.10. The summed E-state index contributed by atoms with van der Waals surface area (Å²) in [4.78, 5) is 24.1. The number of para-hydroxylation sites is 1. The molecule has 1 heterocycles. The molecule has 7 heteroatoms. The van der Waals surface area contributed by atoms with E-state index in [2.05, 4.69) is 29.8 Å². The molecular weight excluding hydrogens is 344 g/mol. The van der Waals surface area contributed by atoms with E-state index in [1.807, 2.05) is 43.7 Å². The Labute approximate surface area is 160 Å². The van der Waals surface area contributed by atoms with Crippen LogP contribution < -0.4 is 15.6 Å². The van der Waals surface area contributed by atoms with Gasteiger partial charge in [-0.2, -0.15) is 5.10 Å². The lowest BCUT2D eigenvalue weighted by Crippen LogP contribution is -2.44. The van der Waals surface area contributed by atoms with Crippen molar-refractivity contribution in [3.63, 3.8) is 0 Å². The average Bonchev–Trinajstić information content (AvgIpc) is 2.86. The van der Waals surface area contributed by atoms with Gasteiger partial charge in [-0.3, -0.25) is 25.1 Å². The van der Waals surface area contributed by atoms with Crippen LogP contribution in [-0.2, 0) is 22.6 Å². The SMILES string of the molecule is Cc1ccccc1OCC(=O)NNC(=O)Cc1c(C)nn(CC(C)C)c1C. The molecule has 0 aliphatic rings. The van der Waals surface area contributed by atoms with Gasteiger partial charge in [0.15, 0.2) is 6.61 Å². The van der Waals surface area contributed by atoms with Crippen LogP contribution in [0.2, 0.25) is 0 Å². The quantitative estimate of drug-likeness (QED) is 0.730. The van der Waals surface area contributed by atoms with E-state index in [-0.39, 0.29) is 18.9 Å². The van der Waals surface area contributed by atoms with E-state index in [9.17, 15) is 9.59 Å². The summed E-state index contributed by atoms with van der Waals surface area (Å²) in [5.74, 6) is 0.394. The largest absolute Gasteiger partial charge is 0.483 e. The average molecular weight is 372 g/mol. The minimum absolute atomic E-state index is 0.161. The summed E-state index contributed by atoms with van der Waals surface area (Å²) in [6.45, 7) is 10.6. The number of benzene rings is 1. The van der Waals surface area contributed by atoms with E-state index in [1.165, 1.54) is 0 Å². The lowest BCUT2D eigenvalue weighted by atomic mass is 10.1. The molecule has 0 atom stereocenters. The predicted molar refractivity (Wildman–Crippen MR) is 103 cm³/mol. The minimum atomic E-state index is -0.421. The molecule has 2 aromatic rings. The molecule has 146 valence electrons. The van der Waals surface area contributed by atoms with Gasteiger partial charge in [-0.25, -0.2) is 0 Å². The first-order valence-corrected chi connectivity index (χ1v) is 9.07. The van der Waals surface area contributed by atoms with Gasteiger partial charge in [0.25, 0.3) is 5.91 Å². The standard InChI is InChI=1S/C20H28N4O3/c1-13(2)11-24-16(5)17(15(4)23-24)10-19(25)21-22-20(26)12-27-18-9-7-6-8-14(18)3/h6-9,13H,10-12H2,1-5H3,(H,21,25)(H,22,26). The number of nitrogens with zero attached hydrogens (tertiary/aromatic N) is 2. The Morgan fingerprint density at radius 3 is 2.44 bits per heavy atom. The van der Waals surface area contributed by atoms with Gasteiger partial charge in [0.1, 0.15) is 5.75 Å². The topological polar surface area (TPSA) is 85.2 Å². The molecular formula is C20H28N4O3. The summed E-state index contributed by atoms with van der Waals surface area (Å²) in [7, 11) is 0. The fourth-order valence-electron chi connectivity index (χ4n) is 2.76. The maximum absolute atomic E-state index is 12.2. The van der Waals surface area contributed by atoms with E-state index in [0.717, 1.165) is 29.1 Å². The van der Waals surface area contributed by atoms with Gasteiger partial charge < -0.3 is 4.74 Å². The molecule has 2 amide bonds. The molecule has 0 bridgehead atoms. The summed E-state index contributed by atoms with van der Waals surface area (Å²) in [6, 6.07) is 7.43. The van der Waals surface area contributed by atoms with Crippen molar-refractivity contribution in [2.45, 2.75) is 47.6 Å². The Morgan fingerprint density at radius 1 is 1.11 bits per heavy atom. The Morgan fingerprint density at radius 2 is 1.78 bits per heavy atom. The molecule has 0 spiro atoms. The number of nitrogens with one attached hydrogen (secondary N) is 2. The van der Waals surface area contributed by atoms with Crippen molar-refractivity contribution in [1.82, 2.24) is 20.6 Å². The van der Waals surface area contributed by atoms with Crippen LogP contribution in [0, 0.1) is 26.7 Å². The van der Waals surface area contributed by atoms with Crippen LogP contribution in [0.3, 0.4) is 0 Å². The number of aryl methyl sites for hydroxylation is 2. The van der Waals surface area contributed by atoms with Gasteiger partial charge in [0, 0.05) is 17.8 Å². The summed E-state index contributed by atoms with van der Waals surface area (Å²) in [6.07, 6.45) is 0.161. The first-order valence-electron chi connectivity index (χ1n) is 9.07. The van der Waals surface area contributed by atoms with Crippen molar-refractivity contribution in [3.8, 4) is 5.75 Å². The van der Waals surface area contributed by atoms with E-state index in [0.29, 0.717) is 11.7 Å². The third kappa shape index (κ3) is 5.84. The fourth-order valence-corrected chi connectivity index (χ4v) is 2.76. The summed E-state index contributed by atoms with van der Waals surface area (Å²) in [5.41, 5.74) is 8.45. The molecule has 1 aromatic heterocycles. The zero-order valence-corrected chi connectivity index (χ0v) is 16.6. The Hall–Kier alpha value is -2.83. The molecule has 2 rings (SSSR count). The number of hydrazine groups is 1. The predicted octanol–water partition coefficient (Wildman–Crippen LogP) is 2.23. The zero-order chi connectivity index (χ0) is 20.0. The van der Waals surface area contributed by atoms with Crippen molar-refractivity contribution >= 4 is 11.8 Å². The monoisotopic (exact) mass is 372 g/mol. The molecule has 7 nitrogen and oxygen atoms in total.